The van der Waals surface area contributed by atoms with Crippen LogP contribution in [0.4, 0.5) is 10.5 Å². The van der Waals surface area contributed by atoms with Crippen molar-refractivity contribution in [2.75, 3.05) is 18.5 Å². The number of aliphatic hydroxyl groups is 2. The Balaban J connectivity index is 2.61. The highest BCUT2D eigenvalue weighted by atomic mass is 16.3. The smallest absolute Gasteiger partial charge is 0.319 e. The van der Waals surface area contributed by atoms with Crippen LogP contribution in [0.1, 0.15) is 12.5 Å². The van der Waals surface area contributed by atoms with Crippen LogP contribution < -0.4 is 10.6 Å². The van der Waals surface area contributed by atoms with Gasteiger partial charge in [-0.25, -0.2) is 4.79 Å². The van der Waals surface area contributed by atoms with Crippen LogP contribution in [0.25, 0.3) is 0 Å². The van der Waals surface area contributed by atoms with Gasteiger partial charge in [0.15, 0.2) is 0 Å². The van der Waals surface area contributed by atoms with Crippen molar-refractivity contribution >= 4 is 11.7 Å². The molecule has 0 saturated carbocycles. The van der Waals surface area contributed by atoms with Gasteiger partial charge in [0.2, 0.25) is 0 Å². The van der Waals surface area contributed by atoms with E-state index in [2.05, 4.69) is 10.6 Å². The van der Waals surface area contributed by atoms with Crippen molar-refractivity contribution < 1.29 is 15.0 Å². The number of nitrogens with one attached hydrogen (secondary N) is 2. The Kier molecular flexibility index (Phi) is 4.48. The van der Waals surface area contributed by atoms with Crippen LogP contribution in [0, 0.1) is 6.92 Å². The van der Waals surface area contributed by atoms with E-state index in [1.807, 2.05) is 25.1 Å². The predicted molar refractivity (Wildman–Crippen MR) is 65.9 cm³/mol. The Morgan fingerprint density at radius 2 is 2.00 bits per heavy atom. The molecule has 4 N–H and O–H groups in total. The molecule has 5 heteroatoms. The van der Waals surface area contributed by atoms with Gasteiger partial charge in [0.1, 0.15) is 0 Å². The maximum Gasteiger partial charge on any atom is 0.319 e. The molecule has 0 aliphatic carbocycles. The van der Waals surface area contributed by atoms with E-state index in [0.29, 0.717) is 5.69 Å². The van der Waals surface area contributed by atoms with Gasteiger partial charge in [0.25, 0.3) is 0 Å². The van der Waals surface area contributed by atoms with Crippen LogP contribution in [0.5, 0.6) is 0 Å². The molecule has 1 rings (SSSR count). The van der Waals surface area contributed by atoms with E-state index in [1.54, 1.807) is 13.0 Å². The topological polar surface area (TPSA) is 81.6 Å². The minimum atomic E-state index is -1.02. The van der Waals surface area contributed by atoms with Gasteiger partial charge in [-0.05, 0) is 31.5 Å². The number of carbonyl (C=O) groups excluding carboxylic acids is 1. The molecule has 0 saturated heterocycles. The third-order valence-corrected chi connectivity index (χ3v) is 2.39. The average molecular weight is 238 g/mol. The lowest BCUT2D eigenvalue weighted by atomic mass is 10.1. The summed E-state index contributed by atoms with van der Waals surface area (Å²) >= 11 is 0. The van der Waals surface area contributed by atoms with Gasteiger partial charge < -0.3 is 20.8 Å². The number of anilines is 1. The minimum Gasteiger partial charge on any atom is -0.394 e. The summed E-state index contributed by atoms with van der Waals surface area (Å²) in [4.78, 5) is 11.6. The standard InChI is InChI=1S/C12H18N2O3/c1-9-4-3-5-10(6-9)13-11(17)14-12(2,7-15)8-16/h3-6,15-16H,7-8H2,1-2H3,(H2,13,14,17). The van der Waals surface area contributed by atoms with E-state index in [-0.39, 0.29) is 13.2 Å². The molecular weight excluding hydrogens is 220 g/mol. The van der Waals surface area contributed by atoms with Crippen LogP contribution in [-0.4, -0.2) is 35.0 Å². The minimum absolute atomic E-state index is 0.329. The molecule has 0 spiro atoms. The molecule has 5 nitrogen and oxygen atoms in total. The Bertz CT molecular complexity index is 389. The first-order valence-electron chi connectivity index (χ1n) is 5.37. The molecule has 0 radical (unpaired) electrons. The molecule has 0 atom stereocenters. The van der Waals surface area contributed by atoms with Crippen molar-refractivity contribution in [3.8, 4) is 0 Å². The van der Waals surface area contributed by atoms with Crippen molar-refractivity contribution in [2.24, 2.45) is 0 Å². The lowest BCUT2D eigenvalue weighted by Crippen LogP contribution is -2.53. The first kappa shape index (κ1) is 13.5. The van der Waals surface area contributed by atoms with Gasteiger partial charge in [-0.15, -0.1) is 0 Å². The fourth-order valence-corrected chi connectivity index (χ4v) is 1.29. The Hall–Kier alpha value is -1.59. The fraction of sp³-hybridized carbons (Fsp3) is 0.417. The lowest BCUT2D eigenvalue weighted by molar-refractivity contribution is 0.111. The molecule has 0 aliphatic rings. The number of hydrogen-bond donors (Lipinski definition) is 4. The highest BCUT2D eigenvalue weighted by Gasteiger charge is 2.24. The van der Waals surface area contributed by atoms with Crippen LogP contribution in [-0.2, 0) is 0 Å². The van der Waals surface area contributed by atoms with Gasteiger partial charge in [-0.2, -0.15) is 0 Å². The maximum atomic E-state index is 11.6. The zero-order valence-electron chi connectivity index (χ0n) is 10.0. The van der Waals surface area contributed by atoms with E-state index in [9.17, 15) is 4.79 Å². The third-order valence-electron chi connectivity index (χ3n) is 2.39. The number of urea groups is 1. The van der Waals surface area contributed by atoms with Gasteiger partial charge in [-0.1, -0.05) is 12.1 Å². The highest BCUT2D eigenvalue weighted by Crippen LogP contribution is 2.10. The summed E-state index contributed by atoms with van der Waals surface area (Å²) in [6.45, 7) is 2.83. The monoisotopic (exact) mass is 238 g/mol. The SMILES string of the molecule is Cc1cccc(NC(=O)NC(C)(CO)CO)c1. The molecule has 2 amide bonds. The van der Waals surface area contributed by atoms with Crippen molar-refractivity contribution in [2.45, 2.75) is 19.4 Å². The average Bonchev–Trinajstić information content (AvgIpc) is 2.28. The van der Waals surface area contributed by atoms with E-state index >= 15 is 0 Å². The molecule has 1 aromatic carbocycles. The number of aryl methyl sites for hydroxylation is 1. The largest absolute Gasteiger partial charge is 0.394 e. The number of amides is 2. The number of hydrogen-bond acceptors (Lipinski definition) is 3. The Morgan fingerprint density at radius 1 is 1.35 bits per heavy atom. The molecule has 0 bridgehead atoms. The number of aliphatic hydroxyl groups excluding tert-OH is 2. The van der Waals surface area contributed by atoms with Crippen LogP contribution >= 0.6 is 0 Å². The van der Waals surface area contributed by atoms with E-state index < -0.39 is 11.6 Å². The van der Waals surface area contributed by atoms with E-state index in [4.69, 9.17) is 10.2 Å². The summed E-state index contributed by atoms with van der Waals surface area (Å²) in [5, 5.41) is 23.2. The summed E-state index contributed by atoms with van der Waals surface area (Å²) < 4.78 is 0. The summed E-state index contributed by atoms with van der Waals surface area (Å²) in [7, 11) is 0. The molecular formula is C12H18N2O3. The molecule has 94 valence electrons. The van der Waals surface area contributed by atoms with Crippen LogP contribution in [0.2, 0.25) is 0 Å². The molecule has 0 heterocycles. The van der Waals surface area contributed by atoms with Crippen molar-refractivity contribution in [3.63, 3.8) is 0 Å². The van der Waals surface area contributed by atoms with Crippen molar-refractivity contribution in [3.05, 3.63) is 29.8 Å². The molecule has 0 aliphatic heterocycles. The van der Waals surface area contributed by atoms with Crippen LogP contribution in [0.3, 0.4) is 0 Å². The normalized spacial score (nSPS) is 11.1. The van der Waals surface area contributed by atoms with Gasteiger partial charge in [0.05, 0.1) is 18.8 Å². The van der Waals surface area contributed by atoms with Gasteiger partial charge >= 0.3 is 6.03 Å². The van der Waals surface area contributed by atoms with Gasteiger partial charge in [-0.3, -0.25) is 0 Å². The quantitative estimate of drug-likeness (QED) is 0.628. The first-order chi connectivity index (χ1) is 7.99. The number of rotatable bonds is 4. The zero-order valence-corrected chi connectivity index (χ0v) is 10.0. The molecule has 0 fully saturated rings. The second kappa shape index (κ2) is 5.65. The lowest BCUT2D eigenvalue weighted by Gasteiger charge is -2.26. The number of benzene rings is 1. The molecule has 0 aromatic heterocycles. The van der Waals surface area contributed by atoms with Crippen molar-refractivity contribution in [1.82, 2.24) is 5.32 Å². The summed E-state index contributed by atoms with van der Waals surface area (Å²) in [5.74, 6) is 0. The summed E-state index contributed by atoms with van der Waals surface area (Å²) in [6.07, 6.45) is 0. The molecule has 17 heavy (non-hydrogen) atoms. The highest BCUT2D eigenvalue weighted by molar-refractivity contribution is 5.89. The van der Waals surface area contributed by atoms with Crippen molar-refractivity contribution in [1.29, 1.82) is 0 Å². The predicted octanol–water partition coefficient (Wildman–Crippen LogP) is 0.860. The second-order valence-corrected chi connectivity index (χ2v) is 4.33. The molecule has 1 aromatic rings. The van der Waals surface area contributed by atoms with E-state index in [1.165, 1.54) is 0 Å². The van der Waals surface area contributed by atoms with Crippen LogP contribution in [0.15, 0.2) is 24.3 Å². The van der Waals surface area contributed by atoms with Gasteiger partial charge in [0, 0.05) is 5.69 Å². The Morgan fingerprint density at radius 3 is 2.53 bits per heavy atom. The maximum absolute atomic E-state index is 11.6. The molecule has 0 unspecified atom stereocenters. The zero-order chi connectivity index (χ0) is 12.9. The summed E-state index contributed by atoms with van der Waals surface area (Å²) in [6, 6.07) is 6.90. The third kappa shape index (κ3) is 4.05. The summed E-state index contributed by atoms with van der Waals surface area (Å²) in [5.41, 5.74) is 0.684. The van der Waals surface area contributed by atoms with E-state index in [0.717, 1.165) is 5.56 Å². The Labute approximate surface area is 100 Å². The fourth-order valence-electron chi connectivity index (χ4n) is 1.29. The second-order valence-electron chi connectivity index (χ2n) is 4.33. The number of carbonyl (C=O) groups is 1. The first-order valence-corrected chi connectivity index (χ1v) is 5.37.